The molecule has 25 heavy (non-hydrogen) atoms. The smallest absolute Gasteiger partial charge is 0.323 e. The van der Waals surface area contributed by atoms with Crippen molar-refractivity contribution in [3.05, 3.63) is 35.4 Å². The normalized spacial score (nSPS) is 17.3. The van der Waals surface area contributed by atoms with Crippen molar-refractivity contribution in [3.8, 4) is 0 Å². The molecule has 0 heterocycles. The van der Waals surface area contributed by atoms with Gasteiger partial charge in [0.25, 0.3) is 5.91 Å². The Labute approximate surface area is 147 Å². The minimum absolute atomic E-state index is 0.0500. The molecule has 6 heteroatoms. The van der Waals surface area contributed by atoms with Crippen LogP contribution in [0, 0.1) is 5.92 Å². The van der Waals surface area contributed by atoms with Crippen LogP contribution in [-0.4, -0.2) is 40.4 Å². The molecular weight excluding hydrogens is 320 g/mol. The SMILES string of the molecule is O=C(O)CN(C(=O)c1ccc(CNC(=O)C2CCCC2)cc1)C1CC1. The quantitative estimate of drug-likeness (QED) is 0.794. The maximum absolute atomic E-state index is 12.5. The van der Waals surface area contributed by atoms with Crippen LogP contribution in [0.3, 0.4) is 0 Å². The first kappa shape index (κ1) is 17.5. The molecular formula is C19H24N2O4. The molecule has 2 amide bonds. The standard InChI is InChI=1S/C19H24N2O4/c22-17(23)12-21(16-9-10-16)19(25)15-7-5-13(6-8-15)11-20-18(24)14-3-1-2-4-14/h5-8,14,16H,1-4,9-12H2,(H,20,24)(H,22,23). The van der Waals surface area contributed by atoms with Crippen molar-refractivity contribution in [1.82, 2.24) is 10.2 Å². The summed E-state index contributed by atoms with van der Waals surface area (Å²) in [6.07, 6.45) is 5.93. The number of hydrogen-bond acceptors (Lipinski definition) is 3. The van der Waals surface area contributed by atoms with Crippen molar-refractivity contribution >= 4 is 17.8 Å². The summed E-state index contributed by atoms with van der Waals surface area (Å²) in [6, 6.07) is 7.09. The summed E-state index contributed by atoms with van der Waals surface area (Å²) in [5.41, 5.74) is 1.41. The monoisotopic (exact) mass is 344 g/mol. The van der Waals surface area contributed by atoms with Crippen LogP contribution in [0.25, 0.3) is 0 Å². The average Bonchev–Trinajstić information content (AvgIpc) is 3.30. The molecule has 1 aromatic rings. The van der Waals surface area contributed by atoms with Crippen molar-refractivity contribution in [2.24, 2.45) is 5.92 Å². The van der Waals surface area contributed by atoms with Crippen LogP contribution in [0.1, 0.15) is 54.4 Å². The Balaban J connectivity index is 1.56. The highest BCUT2D eigenvalue weighted by Crippen LogP contribution is 2.28. The first-order valence-corrected chi connectivity index (χ1v) is 8.94. The molecule has 2 aliphatic rings. The van der Waals surface area contributed by atoms with Crippen LogP contribution in [-0.2, 0) is 16.1 Å². The lowest BCUT2D eigenvalue weighted by atomic mass is 10.1. The molecule has 134 valence electrons. The second-order valence-corrected chi connectivity index (χ2v) is 6.95. The molecule has 0 saturated heterocycles. The Morgan fingerprint density at radius 1 is 1.04 bits per heavy atom. The fourth-order valence-electron chi connectivity index (χ4n) is 3.35. The number of nitrogens with zero attached hydrogens (tertiary/aromatic N) is 1. The van der Waals surface area contributed by atoms with Gasteiger partial charge in [0.15, 0.2) is 0 Å². The van der Waals surface area contributed by atoms with Crippen LogP contribution < -0.4 is 5.32 Å². The van der Waals surface area contributed by atoms with E-state index < -0.39 is 5.97 Å². The number of nitrogens with one attached hydrogen (secondary N) is 1. The van der Waals surface area contributed by atoms with Crippen LogP contribution in [0.5, 0.6) is 0 Å². The molecule has 0 aromatic heterocycles. The second kappa shape index (κ2) is 7.68. The lowest BCUT2D eigenvalue weighted by molar-refractivity contribution is -0.137. The van der Waals surface area contributed by atoms with E-state index in [2.05, 4.69) is 5.32 Å². The van der Waals surface area contributed by atoms with Gasteiger partial charge in [-0.3, -0.25) is 14.4 Å². The summed E-state index contributed by atoms with van der Waals surface area (Å²) in [5.74, 6) is -0.985. The molecule has 0 bridgehead atoms. The predicted molar refractivity (Wildman–Crippen MR) is 91.9 cm³/mol. The number of benzene rings is 1. The zero-order valence-corrected chi connectivity index (χ0v) is 14.2. The molecule has 0 spiro atoms. The molecule has 0 aliphatic heterocycles. The van der Waals surface area contributed by atoms with E-state index in [-0.39, 0.29) is 30.3 Å². The summed E-state index contributed by atoms with van der Waals surface area (Å²) in [6.45, 7) is 0.188. The van der Waals surface area contributed by atoms with Crippen LogP contribution in [0.15, 0.2) is 24.3 Å². The van der Waals surface area contributed by atoms with Crippen molar-refractivity contribution in [2.45, 2.75) is 51.1 Å². The molecule has 0 atom stereocenters. The molecule has 0 radical (unpaired) electrons. The molecule has 2 fully saturated rings. The van der Waals surface area contributed by atoms with Gasteiger partial charge in [-0.25, -0.2) is 0 Å². The number of carbonyl (C=O) groups excluding carboxylic acids is 2. The Morgan fingerprint density at radius 3 is 2.24 bits per heavy atom. The third-order valence-corrected chi connectivity index (χ3v) is 4.95. The summed E-state index contributed by atoms with van der Waals surface area (Å²) in [5, 5.41) is 11.9. The summed E-state index contributed by atoms with van der Waals surface area (Å²) < 4.78 is 0. The Kier molecular flexibility index (Phi) is 5.36. The average molecular weight is 344 g/mol. The van der Waals surface area contributed by atoms with E-state index in [0.29, 0.717) is 12.1 Å². The van der Waals surface area contributed by atoms with Gasteiger partial charge < -0.3 is 15.3 Å². The highest BCUT2D eigenvalue weighted by Gasteiger charge is 2.34. The maximum Gasteiger partial charge on any atom is 0.323 e. The molecule has 3 rings (SSSR count). The number of amides is 2. The number of rotatable bonds is 7. The predicted octanol–water partition coefficient (Wildman–Crippen LogP) is 2.18. The number of hydrogen-bond donors (Lipinski definition) is 2. The van der Waals surface area contributed by atoms with E-state index >= 15 is 0 Å². The first-order valence-electron chi connectivity index (χ1n) is 8.94. The van der Waals surface area contributed by atoms with Gasteiger partial charge in [-0.15, -0.1) is 0 Å². The zero-order valence-electron chi connectivity index (χ0n) is 14.2. The van der Waals surface area contributed by atoms with Gasteiger partial charge in [0, 0.05) is 24.1 Å². The molecule has 6 nitrogen and oxygen atoms in total. The fourth-order valence-corrected chi connectivity index (χ4v) is 3.35. The summed E-state index contributed by atoms with van der Waals surface area (Å²) >= 11 is 0. The van der Waals surface area contributed by atoms with E-state index in [0.717, 1.165) is 44.1 Å². The van der Waals surface area contributed by atoms with Gasteiger partial charge in [-0.05, 0) is 43.4 Å². The van der Waals surface area contributed by atoms with Crippen molar-refractivity contribution in [3.63, 3.8) is 0 Å². The van der Waals surface area contributed by atoms with Gasteiger partial charge in [0.05, 0.1) is 0 Å². The van der Waals surface area contributed by atoms with E-state index in [1.165, 1.54) is 4.90 Å². The largest absolute Gasteiger partial charge is 0.480 e. The number of carbonyl (C=O) groups is 3. The lowest BCUT2D eigenvalue weighted by Gasteiger charge is -2.20. The zero-order chi connectivity index (χ0) is 17.8. The summed E-state index contributed by atoms with van der Waals surface area (Å²) in [4.78, 5) is 36.9. The van der Waals surface area contributed by atoms with Crippen molar-refractivity contribution in [2.75, 3.05) is 6.54 Å². The third-order valence-electron chi connectivity index (χ3n) is 4.95. The Morgan fingerprint density at radius 2 is 1.68 bits per heavy atom. The van der Waals surface area contributed by atoms with Gasteiger partial charge >= 0.3 is 5.97 Å². The lowest BCUT2D eigenvalue weighted by Crippen LogP contribution is -2.37. The van der Waals surface area contributed by atoms with Crippen LogP contribution in [0.2, 0.25) is 0 Å². The van der Waals surface area contributed by atoms with E-state index in [9.17, 15) is 14.4 Å². The van der Waals surface area contributed by atoms with Gasteiger partial charge in [-0.1, -0.05) is 25.0 Å². The van der Waals surface area contributed by atoms with Crippen LogP contribution in [0.4, 0.5) is 0 Å². The molecule has 1 aromatic carbocycles. The minimum atomic E-state index is -0.994. The van der Waals surface area contributed by atoms with Crippen molar-refractivity contribution in [1.29, 1.82) is 0 Å². The molecule has 2 saturated carbocycles. The molecule has 2 aliphatic carbocycles. The van der Waals surface area contributed by atoms with E-state index in [1.807, 2.05) is 12.1 Å². The molecule has 2 N–H and O–H groups in total. The van der Waals surface area contributed by atoms with Crippen LogP contribution >= 0.6 is 0 Å². The van der Waals surface area contributed by atoms with Gasteiger partial charge in [0.1, 0.15) is 6.54 Å². The second-order valence-electron chi connectivity index (χ2n) is 6.95. The first-order chi connectivity index (χ1) is 12.0. The number of carboxylic acid groups (broad SMARTS) is 1. The topological polar surface area (TPSA) is 86.7 Å². The third kappa shape index (κ3) is 4.59. The summed E-state index contributed by atoms with van der Waals surface area (Å²) in [7, 11) is 0. The minimum Gasteiger partial charge on any atom is -0.480 e. The number of aliphatic carboxylic acids is 1. The maximum atomic E-state index is 12.5. The fraction of sp³-hybridized carbons (Fsp3) is 0.526. The van der Waals surface area contributed by atoms with E-state index in [4.69, 9.17) is 5.11 Å². The molecule has 0 unspecified atom stereocenters. The highest BCUT2D eigenvalue weighted by molar-refractivity contribution is 5.96. The van der Waals surface area contributed by atoms with E-state index in [1.54, 1.807) is 12.1 Å². The highest BCUT2D eigenvalue weighted by atomic mass is 16.4. The Bertz CT molecular complexity index is 646. The Hall–Kier alpha value is -2.37. The van der Waals surface area contributed by atoms with Gasteiger partial charge in [0.2, 0.25) is 5.91 Å². The number of carboxylic acids is 1. The van der Waals surface area contributed by atoms with Crippen molar-refractivity contribution < 1.29 is 19.5 Å². The van der Waals surface area contributed by atoms with Gasteiger partial charge in [-0.2, -0.15) is 0 Å².